The quantitative estimate of drug-likeness (QED) is 0.420. The van der Waals surface area contributed by atoms with Gasteiger partial charge in [-0.15, -0.1) is 0 Å². The van der Waals surface area contributed by atoms with Crippen molar-refractivity contribution in [2.24, 2.45) is 0 Å². The number of halogens is 1. The average molecular weight is 145 g/mol. The number of nitrogens with zero attached hydrogens (tertiary/aromatic N) is 1. The van der Waals surface area contributed by atoms with Gasteiger partial charge in [-0.3, -0.25) is 0 Å². The SMILES string of the molecule is CN[n+]1ccccc1.[Cl-]. The molecule has 1 rings (SSSR count). The summed E-state index contributed by atoms with van der Waals surface area (Å²) in [5.74, 6) is 0. The Morgan fingerprint density at radius 3 is 2.00 bits per heavy atom. The van der Waals surface area contributed by atoms with Crippen LogP contribution in [0.1, 0.15) is 0 Å². The summed E-state index contributed by atoms with van der Waals surface area (Å²) in [5, 5.41) is 0. The minimum atomic E-state index is 0. The summed E-state index contributed by atoms with van der Waals surface area (Å²) in [6, 6.07) is 5.92. The van der Waals surface area contributed by atoms with E-state index in [9.17, 15) is 0 Å². The summed E-state index contributed by atoms with van der Waals surface area (Å²) < 4.78 is 1.88. The van der Waals surface area contributed by atoms with Crippen LogP contribution in [0.25, 0.3) is 0 Å². The average Bonchev–Trinajstić information content (AvgIpc) is 1.90. The summed E-state index contributed by atoms with van der Waals surface area (Å²) in [4.78, 5) is 0. The molecule has 0 atom stereocenters. The fraction of sp³-hybridized carbons (Fsp3) is 0.167. The van der Waals surface area contributed by atoms with Gasteiger partial charge in [-0.1, -0.05) is 10.7 Å². The molecule has 2 nitrogen and oxygen atoms in total. The van der Waals surface area contributed by atoms with Crippen LogP contribution in [0.15, 0.2) is 30.6 Å². The van der Waals surface area contributed by atoms with Crippen molar-refractivity contribution in [3.05, 3.63) is 30.6 Å². The number of nitrogens with one attached hydrogen (secondary N) is 1. The van der Waals surface area contributed by atoms with Crippen molar-refractivity contribution in [1.29, 1.82) is 0 Å². The first-order chi connectivity index (χ1) is 3.93. The van der Waals surface area contributed by atoms with Gasteiger partial charge in [0.2, 0.25) is 0 Å². The lowest BCUT2D eigenvalue weighted by Gasteiger charge is -1.86. The summed E-state index contributed by atoms with van der Waals surface area (Å²) in [6.45, 7) is 0. The lowest BCUT2D eigenvalue weighted by atomic mass is 10.5. The highest BCUT2D eigenvalue weighted by atomic mass is 35.5. The maximum Gasteiger partial charge on any atom is 0.199 e. The molecule has 1 aromatic rings. The Morgan fingerprint density at radius 2 is 1.67 bits per heavy atom. The molecule has 0 bridgehead atoms. The molecule has 0 aliphatic heterocycles. The van der Waals surface area contributed by atoms with Gasteiger partial charge in [0.25, 0.3) is 0 Å². The molecule has 9 heavy (non-hydrogen) atoms. The van der Waals surface area contributed by atoms with Crippen LogP contribution in [0.5, 0.6) is 0 Å². The van der Waals surface area contributed by atoms with E-state index in [1.54, 1.807) is 0 Å². The van der Waals surface area contributed by atoms with Crippen molar-refractivity contribution >= 4 is 0 Å². The number of hydrogen-bond acceptors (Lipinski definition) is 1. The molecule has 0 aromatic carbocycles. The van der Waals surface area contributed by atoms with Gasteiger partial charge in [0.05, 0.1) is 7.05 Å². The predicted molar refractivity (Wildman–Crippen MR) is 31.9 cm³/mol. The number of rotatable bonds is 1. The maximum atomic E-state index is 2.94. The highest BCUT2D eigenvalue weighted by Crippen LogP contribution is 1.72. The second-order valence-electron chi connectivity index (χ2n) is 1.51. The maximum absolute atomic E-state index is 2.94. The molecule has 0 radical (unpaired) electrons. The van der Waals surface area contributed by atoms with Crippen LogP contribution in [0.4, 0.5) is 0 Å². The molecular weight excluding hydrogens is 136 g/mol. The largest absolute Gasteiger partial charge is 1.00 e. The van der Waals surface area contributed by atoms with Crippen LogP contribution in [0.3, 0.4) is 0 Å². The van der Waals surface area contributed by atoms with Crippen molar-refractivity contribution in [3.63, 3.8) is 0 Å². The first kappa shape index (κ1) is 8.24. The molecule has 0 amide bonds. The van der Waals surface area contributed by atoms with Gasteiger partial charge >= 0.3 is 0 Å². The first-order valence-corrected chi connectivity index (χ1v) is 2.57. The van der Waals surface area contributed by atoms with Crippen LogP contribution in [-0.4, -0.2) is 7.05 Å². The Labute approximate surface area is 60.9 Å². The van der Waals surface area contributed by atoms with Crippen LogP contribution >= 0.6 is 0 Å². The van der Waals surface area contributed by atoms with E-state index in [1.807, 2.05) is 42.3 Å². The summed E-state index contributed by atoms with van der Waals surface area (Å²) in [6.07, 6.45) is 3.89. The van der Waals surface area contributed by atoms with E-state index in [0.29, 0.717) is 0 Å². The van der Waals surface area contributed by atoms with Crippen molar-refractivity contribution in [3.8, 4) is 0 Å². The van der Waals surface area contributed by atoms with E-state index in [-0.39, 0.29) is 12.4 Å². The topological polar surface area (TPSA) is 15.9 Å². The van der Waals surface area contributed by atoms with Gasteiger partial charge in [0.15, 0.2) is 12.4 Å². The lowest BCUT2D eigenvalue weighted by molar-refractivity contribution is -0.647. The summed E-state index contributed by atoms with van der Waals surface area (Å²) >= 11 is 0. The van der Waals surface area contributed by atoms with Gasteiger partial charge in [0, 0.05) is 12.1 Å². The van der Waals surface area contributed by atoms with Gasteiger partial charge in [0.1, 0.15) is 0 Å². The van der Waals surface area contributed by atoms with E-state index in [4.69, 9.17) is 0 Å². The molecule has 1 heterocycles. The standard InChI is InChI=1S/C6H9N2.ClH/c1-7-8-5-3-2-4-6-8;/h2-7H,1H3;1H/q+1;/p-1. The van der Waals surface area contributed by atoms with Crippen LogP contribution in [-0.2, 0) is 0 Å². The van der Waals surface area contributed by atoms with Crippen molar-refractivity contribution in [1.82, 2.24) is 0 Å². The number of aromatic nitrogens is 1. The third kappa shape index (κ3) is 2.33. The Hall–Kier alpha value is -0.760. The third-order valence-electron chi connectivity index (χ3n) is 0.974. The van der Waals surface area contributed by atoms with Crippen molar-refractivity contribution in [2.75, 3.05) is 12.5 Å². The molecule has 0 saturated carbocycles. The molecule has 50 valence electrons. The molecule has 0 fully saturated rings. The van der Waals surface area contributed by atoms with Crippen LogP contribution < -0.4 is 22.5 Å². The first-order valence-electron chi connectivity index (χ1n) is 2.57. The zero-order valence-corrected chi connectivity index (χ0v) is 5.97. The highest BCUT2D eigenvalue weighted by molar-refractivity contribution is 4.83. The molecule has 1 N–H and O–H groups in total. The molecule has 3 heteroatoms. The fourth-order valence-electron chi connectivity index (χ4n) is 0.548. The van der Waals surface area contributed by atoms with Crippen LogP contribution in [0, 0.1) is 0 Å². The molecular formula is C6H9ClN2. The minimum absolute atomic E-state index is 0. The van der Waals surface area contributed by atoms with Crippen molar-refractivity contribution < 1.29 is 17.1 Å². The Kier molecular flexibility index (Phi) is 3.80. The van der Waals surface area contributed by atoms with E-state index in [1.165, 1.54) is 0 Å². The number of pyridine rings is 1. The van der Waals surface area contributed by atoms with E-state index in [2.05, 4.69) is 5.43 Å². The van der Waals surface area contributed by atoms with Gasteiger partial charge in [-0.25, -0.2) is 0 Å². The normalized spacial score (nSPS) is 7.67. The zero-order valence-electron chi connectivity index (χ0n) is 5.21. The second kappa shape index (κ2) is 4.15. The van der Waals surface area contributed by atoms with Crippen molar-refractivity contribution in [2.45, 2.75) is 0 Å². The van der Waals surface area contributed by atoms with Gasteiger partial charge in [-0.05, 0) is 0 Å². The molecule has 0 aliphatic rings. The van der Waals surface area contributed by atoms with E-state index < -0.39 is 0 Å². The zero-order chi connectivity index (χ0) is 5.82. The molecule has 0 aliphatic carbocycles. The van der Waals surface area contributed by atoms with Gasteiger partial charge in [-0.2, -0.15) is 5.43 Å². The summed E-state index contributed by atoms with van der Waals surface area (Å²) in [7, 11) is 1.88. The Balaban J connectivity index is 0.000000640. The van der Waals surface area contributed by atoms with Gasteiger partial charge < -0.3 is 12.4 Å². The molecule has 0 unspecified atom stereocenters. The van der Waals surface area contributed by atoms with Crippen LogP contribution in [0.2, 0.25) is 0 Å². The molecule has 0 saturated heterocycles. The smallest absolute Gasteiger partial charge is 0.199 e. The second-order valence-corrected chi connectivity index (χ2v) is 1.51. The highest BCUT2D eigenvalue weighted by Gasteiger charge is 1.85. The molecule has 0 spiro atoms. The lowest BCUT2D eigenvalue weighted by Crippen LogP contribution is -3.00. The minimum Gasteiger partial charge on any atom is -1.00 e. The van der Waals surface area contributed by atoms with E-state index >= 15 is 0 Å². The Bertz CT molecular complexity index is 152. The monoisotopic (exact) mass is 144 g/mol. The Morgan fingerprint density at radius 1 is 1.11 bits per heavy atom. The molecule has 1 aromatic heterocycles. The predicted octanol–water partition coefficient (Wildman–Crippen LogP) is -2.85. The third-order valence-corrected chi connectivity index (χ3v) is 0.974. The number of hydrogen-bond donors (Lipinski definition) is 1. The fourth-order valence-corrected chi connectivity index (χ4v) is 0.548. The summed E-state index contributed by atoms with van der Waals surface area (Å²) in [5.41, 5.74) is 2.94. The van der Waals surface area contributed by atoms with E-state index in [0.717, 1.165) is 0 Å².